The highest BCUT2D eigenvalue weighted by molar-refractivity contribution is 7.89. The van der Waals surface area contributed by atoms with Crippen molar-refractivity contribution in [2.24, 2.45) is 5.41 Å². The Morgan fingerprint density at radius 3 is 2.07 bits per heavy atom. The van der Waals surface area contributed by atoms with Crippen LogP contribution in [0.3, 0.4) is 0 Å². The van der Waals surface area contributed by atoms with Gasteiger partial charge in [0.25, 0.3) is 0 Å². The Hall–Kier alpha value is -0.0900. The smallest absolute Gasteiger partial charge is 0.211 e. The van der Waals surface area contributed by atoms with Gasteiger partial charge >= 0.3 is 0 Å². The third-order valence-electron chi connectivity index (χ3n) is 1.76. The average Bonchev–Trinajstić information content (AvgIpc) is 1.78. The van der Waals surface area contributed by atoms with Crippen LogP contribution in [-0.2, 0) is 10.0 Å². The molecular formula is C10H23NO2S. The van der Waals surface area contributed by atoms with Crippen LogP contribution in [0.5, 0.6) is 0 Å². The molecule has 0 rings (SSSR count). The van der Waals surface area contributed by atoms with Gasteiger partial charge < -0.3 is 0 Å². The zero-order chi connectivity index (χ0) is 11.4. The summed E-state index contributed by atoms with van der Waals surface area (Å²) >= 11 is 0. The standard InChI is InChI=1S/C10H23NO2S/c1-9(2)11-14(12,13)8-6-7-10(3,4)5/h9,11H,6-8H2,1-5H3. The molecule has 0 spiro atoms. The molecule has 0 amide bonds. The van der Waals surface area contributed by atoms with Crippen LogP contribution in [0, 0.1) is 5.41 Å². The maximum absolute atomic E-state index is 11.4. The lowest BCUT2D eigenvalue weighted by Crippen LogP contribution is -2.32. The van der Waals surface area contributed by atoms with Crippen molar-refractivity contribution in [3.8, 4) is 0 Å². The first kappa shape index (κ1) is 13.9. The van der Waals surface area contributed by atoms with Crippen LogP contribution in [0.1, 0.15) is 47.5 Å². The highest BCUT2D eigenvalue weighted by Crippen LogP contribution is 2.20. The van der Waals surface area contributed by atoms with Gasteiger partial charge in [-0.15, -0.1) is 0 Å². The summed E-state index contributed by atoms with van der Waals surface area (Å²) in [5.41, 5.74) is 0.216. The molecule has 0 atom stereocenters. The van der Waals surface area contributed by atoms with Crippen LogP contribution in [-0.4, -0.2) is 20.2 Å². The van der Waals surface area contributed by atoms with Gasteiger partial charge in [-0.1, -0.05) is 20.8 Å². The molecule has 0 aliphatic carbocycles. The first-order chi connectivity index (χ1) is 6.12. The molecule has 86 valence electrons. The fraction of sp³-hybridized carbons (Fsp3) is 1.00. The monoisotopic (exact) mass is 221 g/mol. The molecule has 0 aliphatic heterocycles. The van der Waals surface area contributed by atoms with E-state index in [0.29, 0.717) is 0 Å². The lowest BCUT2D eigenvalue weighted by molar-refractivity contribution is 0.373. The van der Waals surface area contributed by atoms with Crippen molar-refractivity contribution in [3.05, 3.63) is 0 Å². The third-order valence-corrected chi connectivity index (χ3v) is 3.41. The summed E-state index contributed by atoms with van der Waals surface area (Å²) in [4.78, 5) is 0. The molecule has 3 nitrogen and oxygen atoms in total. The Balaban J connectivity index is 3.90. The van der Waals surface area contributed by atoms with Crippen molar-refractivity contribution < 1.29 is 8.42 Å². The lowest BCUT2D eigenvalue weighted by Gasteiger charge is -2.18. The number of hydrogen-bond acceptors (Lipinski definition) is 2. The van der Waals surface area contributed by atoms with Gasteiger partial charge in [-0.3, -0.25) is 0 Å². The van der Waals surface area contributed by atoms with Crippen LogP contribution < -0.4 is 4.72 Å². The van der Waals surface area contributed by atoms with E-state index in [1.54, 1.807) is 0 Å². The van der Waals surface area contributed by atoms with Gasteiger partial charge in [0, 0.05) is 6.04 Å². The predicted molar refractivity (Wildman–Crippen MR) is 60.7 cm³/mol. The maximum Gasteiger partial charge on any atom is 0.211 e. The zero-order valence-corrected chi connectivity index (χ0v) is 10.7. The minimum Gasteiger partial charge on any atom is -0.213 e. The van der Waals surface area contributed by atoms with E-state index in [1.807, 2.05) is 13.8 Å². The maximum atomic E-state index is 11.4. The number of sulfonamides is 1. The molecule has 0 aromatic heterocycles. The molecule has 1 N–H and O–H groups in total. The van der Waals surface area contributed by atoms with Crippen molar-refractivity contribution in [1.29, 1.82) is 0 Å². The molecule has 14 heavy (non-hydrogen) atoms. The number of nitrogens with one attached hydrogen (secondary N) is 1. The Labute approximate surface area is 88.3 Å². The SMILES string of the molecule is CC(C)NS(=O)(=O)CCCC(C)(C)C. The average molecular weight is 221 g/mol. The van der Waals surface area contributed by atoms with Gasteiger partial charge in [0.1, 0.15) is 0 Å². The molecule has 0 fully saturated rings. The van der Waals surface area contributed by atoms with Crippen LogP contribution >= 0.6 is 0 Å². The van der Waals surface area contributed by atoms with Gasteiger partial charge in [-0.05, 0) is 32.1 Å². The summed E-state index contributed by atoms with van der Waals surface area (Å²) < 4.78 is 25.4. The quantitative estimate of drug-likeness (QED) is 0.773. The summed E-state index contributed by atoms with van der Waals surface area (Å²) in [5.74, 6) is 0.239. The van der Waals surface area contributed by atoms with Crippen molar-refractivity contribution >= 4 is 10.0 Å². The molecule has 0 bridgehead atoms. The van der Waals surface area contributed by atoms with E-state index in [2.05, 4.69) is 25.5 Å². The predicted octanol–water partition coefficient (Wildman–Crippen LogP) is 2.14. The van der Waals surface area contributed by atoms with Crippen LogP contribution in [0.15, 0.2) is 0 Å². The number of rotatable bonds is 5. The summed E-state index contributed by atoms with van der Waals surface area (Å²) in [7, 11) is -3.05. The Morgan fingerprint density at radius 1 is 1.21 bits per heavy atom. The first-order valence-electron chi connectivity index (χ1n) is 5.12. The van der Waals surface area contributed by atoms with Gasteiger partial charge in [0.05, 0.1) is 5.75 Å². The molecule has 0 radical (unpaired) electrons. The van der Waals surface area contributed by atoms with Crippen molar-refractivity contribution in [3.63, 3.8) is 0 Å². The second kappa shape index (κ2) is 5.12. The van der Waals surface area contributed by atoms with Crippen molar-refractivity contribution in [2.45, 2.75) is 53.5 Å². The second-order valence-corrected chi connectivity index (χ2v) is 7.13. The fourth-order valence-electron chi connectivity index (χ4n) is 1.21. The molecule has 0 saturated carbocycles. The number of hydrogen-bond donors (Lipinski definition) is 1. The Morgan fingerprint density at radius 2 is 1.71 bits per heavy atom. The second-order valence-electron chi connectivity index (χ2n) is 5.26. The molecule has 4 heteroatoms. The van der Waals surface area contributed by atoms with Crippen LogP contribution in [0.25, 0.3) is 0 Å². The highest BCUT2D eigenvalue weighted by atomic mass is 32.2. The summed E-state index contributed by atoms with van der Waals surface area (Å²) in [6.07, 6.45) is 1.66. The van der Waals surface area contributed by atoms with E-state index in [9.17, 15) is 8.42 Å². The summed E-state index contributed by atoms with van der Waals surface area (Å²) in [6.45, 7) is 10.0. The third kappa shape index (κ3) is 8.51. The summed E-state index contributed by atoms with van der Waals surface area (Å²) in [6, 6.07) is -0.00497. The van der Waals surface area contributed by atoms with E-state index in [0.717, 1.165) is 12.8 Å². The minimum atomic E-state index is -3.05. The first-order valence-corrected chi connectivity index (χ1v) is 6.78. The van der Waals surface area contributed by atoms with E-state index >= 15 is 0 Å². The molecule has 0 saturated heterocycles. The zero-order valence-electron chi connectivity index (χ0n) is 9.92. The highest BCUT2D eigenvalue weighted by Gasteiger charge is 2.15. The van der Waals surface area contributed by atoms with Crippen LogP contribution in [0.2, 0.25) is 0 Å². The van der Waals surface area contributed by atoms with Gasteiger partial charge in [0.2, 0.25) is 10.0 Å². The molecule has 0 heterocycles. The van der Waals surface area contributed by atoms with Crippen molar-refractivity contribution in [2.75, 3.05) is 5.75 Å². The molecule has 0 unspecified atom stereocenters. The minimum absolute atomic E-state index is 0.00497. The molecular weight excluding hydrogens is 198 g/mol. The van der Waals surface area contributed by atoms with E-state index in [1.165, 1.54) is 0 Å². The van der Waals surface area contributed by atoms with Crippen molar-refractivity contribution in [1.82, 2.24) is 4.72 Å². The normalized spacial score (nSPS) is 13.6. The largest absolute Gasteiger partial charge is 0.213 e. The fourth-order valence-corrected chi connectivity index (χ4v) is 2.57. The Kier molecular flexibility index (Phi) is 5.09. The topological polar surface area (TPSA) is 46.2 Å². The van der Waals surface area contributed by atoms with Gasteiger partial charge in [-0.2, -0.15) is 0 Å². The Bertz CT molecular complexity index is 250. The van der Waals surface area contributed by atoms with E-state index in [-0.39, 0.29) is 17.2 Å². The van der Waals surface area contributed by atoms with Crippen LogP contribution in [0.4, 0.5) is 0 Å². The van der Waals surface area contributed by atoms with E-state index in [4.69, 9.17) is 0 Å². The van der Waals surface area contributed by atoms with E-state index < -0.39 is 10.0 Å². The molecule has 0 aliphatic rings. The lowest BCUT2D eigenvalue weighted by atomic mass is 9.91. The van der Waals surface area contributed by atoms with Gasteiger partial charge in [0.15, 0.2) is 0 Å². The molecule has 0 aromatic rings. The molecule has 0 aromatic carbocycles. The van der Waals surface area contributed by atoms with Gasteiger partial charge in [-0.25, -0.2) is 13.1 Å². The summed E-state index contributed by atoms with van der Waals surface area (Å²) in [5, 5.41) is 0.